The molecule has 0 spiro atoms. The molecule has 68 valence electrons. The van der Waals surface area contributed by atoms with Crippen molar-refractivity contribution in [1.82, 2.24) is 15.8 Å². The van der Waals surface area contributed by atoms with Crippen molar-refractivity contribution in [3.05, 3.63) is 18.0 Å². The van der Waals surface area contributed by atoms with Crippen molar-refractivity contribution in [1.29, 1.82) is 0 Å². The molecule has 0 aliphatic carbocycles. The first-order valence-electron chi connectivity index (χ1n) is 4.18. The first-order valence-corrected chi connectivity index (χ1v) is 4.18. The van der Waals surface area contributed by atoms with Gasteiger partial charge in [-0.2, -0.15) is 0 Å². The molecule has 0 aliphatic heterocycles. The van der Waals surface area contributed by atoms with E-state index in [2.05, 4.69) is 15.8 Å². The summed E-state index contributed by atoms with van der Waals surface area (Å²) in [5, 5.41) is 10.1. The first kappa shape index (κ1) is 9.22. The Balaban J connectivity index is 1.96. The highest BCUT2D eigenvalue weighted by molar-refractivity contribution is 4.93. The molecule has 0 atom stereocenters. The lowest BCUT2D eigenvalue weighted by Crippen LogP contribution is -2.19. The summed E-state index contributed by atoms with van der Waals surface area (Å²) in [5.41, 5.74) is 0.958. The highest BCUT2D eigenvalue weighted by Crippen LogP contribution is 1.92. The van der Waals surface area contributed by atoms with Crippen LogP contribution in [-0.4, -0.2) is 25.3 Å². The van der Waals surface area contributed by atoms with Gasteiger partial charge in [-0.05, 0) is 26.6 Å². The smallest absolute Gasteiger partial charge is 0.124 e. The third kappa shape index (κ3) is 3.50. The van der Waals surface area contributed by atoms with Crippen LogP contribution in [-0.2, 0) is 6.54 Å². The fourth-order valence-corrected chi connectivity index (χ4v) is 0.935. The monoisotopic (exact) mass is 169 g/mol. The molecule has 0 bridgehead atoms. The Labute approximate surface area is 72.3 Å². The summed E-state index contributed by atoms with van der Waals surface area (Å²) in [6.45, 7) is 2.85. The Morgan fingerprint density at radius 3 is 3.08 bits per heavy atom. The average molecular weight is 169 g/mol. The van der Waals surface area contributed by atoms with Crippen LogP contribution in [0.4, 0.5) is 0 Å². The van der Waals surface area contributed by atoms with E-state index in [-0.39, 0.29) is 0 Å². The molecule has 12 heavy (non-hydrogen) atoms. The molecule has 0 fully saturated rings. The van der Waals surface area contributed by atoms with E-state index in [4.69, 9.17) is 4.52 Å². The Morgan fingerprint density at radius 1 is 1.50 bits per heavy atom. The van der Waals surface area contributed by atoms with Crippen LogP contribution in [0.1, 0.15) is 12.1 Å². The van der Waals surface area contributed by atoms with E-state index in [1.165, 1.54) is 0 Å². The molecule has 2 N–H and O–H groups in total. The molecule has 4 heteroatoms. The van der Waals surface area contributed by atoms with Gasteiger partial charge >= 0.3 is 0 Å². The summed E-state index contributed by atoms with van der Waals surface area (Å²) in [4.78, 5) is 0. The van der Waals surface area contributed by atoms with Crippen molar-refractivity contribution in [3.63, 3.8) is 0 Å². The van der Waals surface area contributed by atoms with Crippen LogP contribution in [0.15, 0.2) is 16.9 Å². The van der Waals surface area contributed by atoms with Crippen LogP contribution in [0, 0.1) is 0 Å². The Morgan fingerprint density at radius 2 is 2.42 bits per heavy atom. The zero-order valence-corrected chi connectivity index (χ0v) is 7.34. The summed E-state index contributed by atoms with van der Waals surface area (Å²) in [7, 11) is 1.96. The number of rotatable bonds is 6. The second kappa shape index (κ2) is 5.74. The maximum Gasteiger partial charge on any atom is 0.124 e. The predicted octanol–water partition coefficient (Wildman–Crippen LogP) is 0.374. The minimum atomic E-state index is 0.792. The molecule has 4 nitrogen and oxygen atoms in total. The maximum absolute atomic E-state index is 4.69. The van der Waals surface area contributed by atoms with Gasteiger partial charge in [-0.15, -0.1) is 0 Å². The van der Waals surface area contributed by atoms with Crippen molar-refractivity contribution in [2.75, 3.05) is 20.1 Å². The summed E-state index contributed by atoms with van der Waals surface area (Å²) in [6, 6.07) is 1.87. The molecule has 1 aromatic heterocycles. The Bertz CT molecular complexity index is 186. The topological polar surface area (TPSA) is 50.1 Å². The molecule has 0 aliphatic rings. The minimum Gasteiger partial charge on any atom is -0.364 e. The largest absolute Gasteiger partial charge is 0.364 e. The van der Waals surface area contributed by atoms with Gasteiger partial charge in [-0.1, -0.05) is 5.16 Å². The van der Waals surface area contributed by atoms with Gasteiger partial charge in [0, 0.05) is 12.6 Å². The molecular weight excluding hydrogens is 154 g/mol. The van der Waals surface area contributed by atoms with E-state index in [0.717, 1.165) is 31.7 Å². The van der Waals surface area contributed by atoms with E-state index in [1.807, 2.05) is 13.1 Å². The van der Waals surface area contributed by atoms with Gasteiger partial charge in [-0.25, -0.2) is 0 Å². The van der Waals surface area contributed by atoms with E-state index in [9.17, 15) is 0 Å². The van der Waals surface area contributed by atoms with Gasteiger partial charge in [0.25, 0.3) is 0 Å². The highest BCUT2D eigenvalue weighted by Gasteiger charge is 1.93. The van der Waals surface area contributed by atoms with Crippen molar-refractivity contribution in [3.8, 4) is 0 Å². The number of nitrogens with zero attached hydrogens (tertiary/aromatic N) is 1. The molecule has 0 aromatic carbocycles. The SMILES string of the molecule is CNCCCNCc1ccon1. The Hall–Kier alpha value is -0.870. The standard InChI is InChI=1S/C8H15N3O/c1-9-4-2-5-10-7-8-3-6-12-11-8/h3,6,9-10H,2,4-5,7H2,1H3. The molecule has 1 heterocycles. The molecule has 0 unspecified atom stereocenters. The van der Waals surface area contributed by atoms with Crippen molar-refractivity contribution >= 4 is 0 Å². The van der Waals surface area contributed by atoms with Crippen LogP contribution >= 0.6 is 0 Å². The number of aromatic nitrogens is 1. The van der Waals surface area contributed by atoms with E-state index in [0.29, 0.717) is 0 Å². The van der Waals surface area contributed by atoms with Crippen molar-refractivity contribution < 1.29 is 4.52 Å². The molecule has 0 amide bonds. The third-order valence-corrected chi connectivity index (χ3v) is 1.58. The molecular formula is C8H15N3O. The summed E-state index contributed by atoms with van der Waals surface area (Å²) in [6.07, 6.45) is 2.72. The highest BCUT2D eigenvalue weighted by atomic mass is 16.5. The second-order valence-electron chi connectivity index (χ2n) is 2.62. The molecule has 0 saturated heterocycles. The predicted molar refractivity (Wildman–Crippen MR) is 46.8 cm³/mol. The number of nitrogens with one attached hydrogen (secondary N) is 2. The molecule has 1 rings (SSSR count). The zero-order chi connectivity index (χ0) is 8.65. The first-order chi connectivity index (χ1) is 5.93. The van der Waals surface area contributed by atoms with Gasteiger partial charge in [-0.3, -0.25) is 0 Å². The fourth-order valence-electron chi connectivity index (χ4n) is 0.935. The molecule has 0 saturated carbocycles. The normalized spacial score (nSPS) is 10.4. The summed E-state index contributed by atoms with van der Waals surface area (Å²) < 4.78 is 4.69. The van der Waals surface area contributed by atoms with Crippen LogP contribution in [0.2, 0.25) is 0 Å². The molecule has 1 aromatic rings. The summed E-state index contributed by atoms with van der Waals surface area (Å²) in [5.74, 6) is 0. The molecule has 0 radical (unpaired) electrons. The van der Waals surface area contributed by atoms with Crippen molar-refractivity contribution in [2.45, 2.75) is 13.0 Å². The summed E-state index contributed by atoms with van der Waals surface area (Å²) >= 11 is 0. The lowest BCUT2D eigenvalue weighted by Gasteiger charge is -2.00. The van der Waals surface area contributed by atoms with Gasteiger partial charge in [0.15, 0.2) is 0 Å². The van der Waals surface area contributed by atoms with Gasteiger partial charge in [0.1, 0.15) is 6.26 Å². The van der Waals surface area contributed by atoms with E-state index < -0.39 is 0 Å². The van der Waals surface area contributed by atoms with Gasteiger partial charge in [0.05, 0.1) is 5.69 Å². The van der Waals surface area contributed by atoms with E-state index >= 15 is 0 Å². The lowest BCUT2D eigenvalue weighted by molar-refractivity contribution is 0.408. The third-order valence-electron chi connectivity index (χ3n) is 1.58. The Kier molecular flexibility index (Phi) is 4.41. The lowest BCUT2D eigenvalue weighted by atomic mass is 10.4. The minimum absolute atomic E-state index is 0.792. The number of hydrogen-bond acceptors (Lipinski definition) is 4. The van der Waals surface area contributed by atoms with Gasteiger partial charge in [0.2, 0.25) is 0 Å². The number of hydrogen-bond donors (Lipinski definition) is 2. The van der Waals surface area contributed by atoms with Crippen LogP contribution in [0.25, 0.3) is 0 Å². The van der Waals surface area contributed by atoms with Crippen LogP contribution in [0.5, 0.6) is 0 Å². The van der Waals surface area contributed by atoms with Gasteiger partial charge < -0.3 is 15.2 Å². The zero-order valence-electron chi connectivity index (χ0n) is 7.34. The second-order valence-corrected chi connectivity index (χ2v) is 2.62. The van der Waals surface area contributed by atoms with E-state index in [1.54, 1.807) is 6.26 Å². The maximum atomic E-state index is 4.69. The average Bonchev–Trinajstić information content (AvgIpc) is 2.57. The van der Waals surface area contributed by atoms with Crippen LogP contribution < -0.4 is 10.6 Å². The quantitative estimate of drug-likeness (QED) is 0.604. The fraction of sp³-hybridized carbons (Fsp3) is 0.625. The van der Waals surface area contributed by atoms with Crippen LogP contribution in [0.3, 0.4) is 0 Å². The van der Waals surface area contributed by atoms with Crippen molar-refractivity contribution in [2.24, 2.45) is 0 Å².